The molecule has 2 aromatic rings. The number of ketones is 1. The van der Waals surface area contributed by atoms with Gasteiger partial charge < -0.3 is 5.73 Å². The van der Waals surface area contributed by atoms with Gasteiger partial charge in [0.2, 0.25) is 0 Å². The van der Waals surface area contributed by atoms with Crippen molar-refractivity contribution >= 4 is 11.6 Å². The number of nitrogen functional groups attached to an aromatic ring is 1. The molecule has 2 N–H and O–H groups in total. The zero-order chi connectivity index (χ0) is 18.7. The number of rotatable bonds is 6. The number of aromatic nitrogens is 2. The summed E-state index contributed by atoms with van der Waals surface area (Å²) in [5, 5.41) is 0. The first kappa shape index (κ1) is 18.7. The van der Waals surface area contributed by atoms with Gasteiger partial charge in [0.05, 0.1) is 6.54 Å². The van der Waals surface area contributed by atoms with E-state index in [9.17, 15) is 14.4 Å². The SMILES string of the molecule is CC(C)N(CC(=O)c1c(N)n(C)c(=O)n(C)c1=O)Cc1ccccc1. The van der Waals surface area contributed by atoms with Gasteiger partial charge in [-0.15, -0.1) is 0 Å². The average Bonchev–Trinajstić information content (AvgIpc) is 2.58. The van der Waals surface area contributed by atoms with E-state index in [1.54, 1.807) is 0 Å². The number of carbonyl (C=O) groups is 1. The number of Topliss-reactive ketones (excluding diaryl/α,β-unsaturated/α-hetero) is 1. The van der Waals surface area contributed by atoms with Gasteiger partial charge in [0.15, 0.2) is 5.78 Å². The van der Waals surface area contributed by atoms with Crippen LogP contribution < -0.4 is 17.0 Å². The summed E-state index contributed by atoms with van der Waals surface area (Å²) in [6.45, 7) is 4.59. The van der Waals surface area contributed by atoms with E-state index in [1.165, 1.54) is 14.1 Å². The van der Waals surface area contributed by atoms with E-state index in [1.807, 2.05) is 49.1 Å². The molecule has 0 saturated carbocycles. The molecule has 0 saturated heterocycles. The van der Waals surface area contributed by atoms with Crippen LogP contribution in [0.4, 0.5) is 5.82 Å². The summed E-state index contributed by atoms with van der Waals surface area (Å²) in [6.07, 6.45) is 0. The predicted molar refractivity (Wildman–Crippen MR) is 97.7 cm³/mol. The van der Waals surface area contributed by atoms with Gasteiger partial charge >= 0.3 is 5.69 Å². The zero-order valence-corrected chi connectivity index (χ0v) is 15.0. The van der Waals surface area contributed by atoms with Gasteiger partial charge in [0.1, 0.15) is 11.4 Å². The van der Waals surface area contributed by atoms with Crippen molar-refractivity contribution in [1.82, 2.24) is 14.0 Å². The van der Waals surface area contributed by atoms with Crippen LogP contribution in [-0.2, 0) is 20.6 Å². The molecular formula is C18H24N4O3. The molecule has 134 valence electrons. The number of nitrogens with two attached hydrogens (primary N) is 1. The quantitative estimate of drug-likeness (QED) is 0.781. The minimum atomic E-state index is -0.658. The molecule has 1 heterocycles. The molecule has 1 aromatic carbocycles. The second-order valence-corrected chi connectivity index (χ2v) is 6.37. The Hall–Kier alpha value is -2.67. The Morgan fingerprint density at radius 3 is 2.28 bits per heavy atom. The van der Waals surface area contributed by atoms with Crippen LogP contribution in [-0.4, -0.2) is 32.4 Å². The van der Waals surface area contributed by atoms with Crippen molar-refractivity contribution < 1.29 is 4.79 Å². The highest BCUT2D eigenvalue weighted by Gasteiger charge is 2.23. The number of hydrogen-bond donors (Lipinski definition) is 1. The smallest absolute Gasteiger partial charge is 0.332 e. The summed E-state index contributed by atoms with van der Waals surface area (Å²) >= 11 is 0. The third kappa shape index (κ3) is 3.88. The van der Waals surface area contributed by atoms with Crippen molar-refractivity contribution in [2.24, 2.45) is 14.1 Å². The molecule has 0 atom stereocenters. The Kier molecular flexibility index (Phi) is 5.58. The summed E-state index contributed by atoms with van der Waals surface area (Å²) in [5.74, 6) is -0.486. The van der Waals surface area contributed by atoms with Crippen LogP contribution in [0, 0.1) is 0 Å². The number of carbonyl (C=O) groups excluding carboxylic acids is 1. The molecular weight excluding hydrogens is 320 g/mol. The average molecular weight is 344 g/mol. The van der Waals surface area contributed by atoms with Gasteiger partial charge in [0.25, 0.3) is 5.56 Å². The maximum absolute atomic E-state index is 12.8. The number of benzene rings is 1. The van der Waals surface area contributed by atoms with E-state index in [0.29, 0.717) is 6.54 Å². The van der Waals surface area contributed by atoms with Crippen molar-refractivity contribution in [1.29, 1.82) is 0 Å². The first-order chi connectivity index (χ1) is 11.7. The second-order valence-electron chi connectivity index (χ2n) is 6.37. The van der Waals surface area contributed by atoms with Crippen LogP contribution in [0.15, 0.2) is 39.9 Å². The van der Waals surface area contributed by atoms with E-state index >= 15 is 0 Å². The lowest BCUT2D eigenvalue weighted by atomic mass is 10.1. The first-order valence-electron chi connectivity index (χ1n) is 8.10. The van der Waals surface area contributed by atoms with Crippen molar-refractivity contribution in [2.45, 2.75) is 26.4 Å². The van der Waals surface area contributed by atoms with Crippen LogP contribution in [0.2, 0.25) is 0 Å². The maximum Gasteiger partial charge on any atom is 0.332 e. The van der Waals surface area contributed by atoms with Crippen LogP contribution in [0.25, 0.3) is 0 Å². The Bertz CT molecular complexity index is 882. The topological polar surface area (TPSA) is 90.3 Å². The molecule has 7 heteroatoms. The van der Waals surface area contributed by atoms with Crippen LogP contribution in [0.1, 0.15) is 29.8 Å². The molecule has 1 aromatic heterocycles. The lowest BCUT2D eigenvalue weighted by Crippen LogP contribution is -2.44. The van der Waals surface area contributed by atoms with E-state index in [2.05, 4.69) is 0 Å². The highest BCUT2D eigenvalue weighted by Crippen LogP contribution is 2.11. The molecule has 0 bridgehead atoms. The highest BCUT2D eigenvalue weighted by atomic mass is 16.2. The second kappa shape index (κ2) is 7.48. The molecule has 0 aliphatic rings. The van der Waals surface area contributed by atoms with Crippen molar-refractivity contribution in [3.8, 4) is 0 Å². The molecule has 0 amide bonds. The fourth-order valence-electron chi connectivity index (χ4n) is 2.62. The maximum atomic E-state index is 12.8. The summed E-state index contributed by atoms with van der Waals surface area (Å²) in [7, 11) is 2.78. The Morgan fingerprint density at radius 1 is 1.12 bits per heavy atom. The number of hydrogen-bond acceptors (Lipinski definition) is 5. The molecule has 0 radical (unpaired) electrons. The van der Waals surface area contributed by atoms with Gasteiger partial charge in [-0.2, -0.15) is 0 Å². The first-order valence-corrected chi connectivity index (χ1v) is 8.10. The molecule has 2 rings (SSSR count). The predicted octanol–water partition coefficient (Wildman–Crippen LogP) is 0.760. The molecule has 0 aliphatic carbocycles. The van der Waals surface area contributed by atoms with Gasteiger partial charge in [0, 0.05) is 26.7 Å². The van der Waals surface area contributed by atoms with Gasteiger partial charge in [-0.1, -0.05) is 30.3 Å². The normalized spacial score (nSPS) is 11.3. The largest absolute Gasteiger partial charge is 0.384 e. The van der Waals surface area contributed by atoms with Crippen LogP contribution in [0.3, 0.4) is 0 Å². The Balaban J connectivity index is 2.34. The molecule has 0 spiro atoms. The van der Waals surface area contributed by atoms with Crippen molar-refractivity contribution in [2.75, 3.05) is 12.3 Å². The molecule has 25 heavy (non-hydrogen) atoms. The summed E-state index contributed by atoms with van der Waals surface area (Å²) in [5.41, 5.74) is 5.60. The van der Waals surface area contributed by atoms with Gasteiger partial charge in [-0.25, -0.2) is 4.79 Å². The fourth-order valence-corrected chi connectivity index (χ4v) is 2.62. The lowest BCUT2D eigenvalue weighted by molar-refractivity contribution is 0.0896. The lowest BCUT2D eigenvalue weighted by Gasteiger charge is -2.26. The number of nitrogens with zero attached hydrogens (tertiary/aromatic N) is 3. The highest BCUT2D eigenvalue weighted by molar-refractivity contribution is 6.01. The third-order valence-corrected chi connectivity index (χ3v) is 4.29. The molecule has 0 fully saturated rings. The number of anilines is 1. The van der Waals surface area contributed by atoms with Crippen molar-refractivity contribution in [3.05, 3.63) is 62.3 Å². The van der Waals surface area contributed by atoms with Gasteiger partial charge in [-0.05, 0) is 19.4 Å². The fraction of sp³-hybridized carbons (Fsp3) is 0.389. The van der Waals surface area contributed by atoms with Crippen LogP contribution in [0.5, 0.6) is 0 Å². The van der Waals surface area contributed by atoms with Crippen molar-refractivity contribution in [3.63, 3.8) is 0 Å². The summed E-state index contributed by atoms with van der Waals surface area (Å²) in [6, 6.07) is 9.89. The van der Waals surface area contributed by atoms with Gasteiger partial charge in [-0.3, -0.25) is 23.6 Å². The van der Waals surface area contributed by atoms with E-state index < -0.39 is 17.0 Å². The summed E-state index contributed by atoms with van der Waals surface area (Å²) < 4.78 is 2.02. The Labute approximate surface area is 146 Å². The van der Waals surface area contributed by atoms with E-state index in [0.717, 1.165) is 14.7 Å². The molecule has 7 nitrogen and oxygen atoms in total. The monoisotopic (exact) mass is 344 g/mol. The van der Waals surface area contributed by atoms with E-state index in [-0.39, 0.29) is 24.0 Å². The van der Waals surface area contributed by atoms with E-state index in [4.69, 9.17) is 5.73 Å². The summed E-state index contributed by atoms with van der Waals surface area (Å²) in [4.78, 5) is 38.9. The molecule has 0 aliphatic heterocycles. The standard InChI is InChI=1S/C18H24N4O3/c1-12(2)22(10-13-8-6-5-7-9-13)11-14(23)15-16(19)20(3)18(25)21(4)17(15)24/h5-9,12H,10-11,19H2,1-4H3. The minimum absolute atomic E-state index is 0.0458. The molecule has 0 unspecified atom stereocenters. The third-order valence-electron chi connectivity index (χ3n) is 4.29. The minimum Gasteiger partial charge on any atom is -0.384 e. The zero-order valence-electron chi connectivity index (χ0n) is 15.0. The van der Waals surface area contributed by atoms with Crippen LogP contribution >= 0.6 is 0 Å². The Morgan fingerprint density at radius 2 is 1.72 bits per heavy atom.